The van der Waals surface area contributed by atoms with E-state index in [2.05, 4.69) is 21.3 Å². The van der Waals surface area contributed by atoms with E-state index in [0.29, 0.717) is 17.9 Å². The van der Waals surface area contributed by atoms with Crippen LogP contribution < -0.4 is 37.5 Å². The number of carbonyl (C=O) groups is 6. The largest absolute Gasteiger partial charge is 0.489 e. The lowest BCUT2D eigenvalue weighted by Gasteiger charge is -2.27. The van der Waals surface area contributed by atoms with E-state index in [1.165, 1.54) is 6.92 Å². The number of ether oxygens (including phenoxy) is 2. The Morgan fingerprint density at radius 1 is 0.771 bits per heavy atom. The van der Waals surface area contributed by atoms with Crippen LogP contribution in [0.15, 0.2) is 54.6 Å². The summed E-state index contributed by atoms with van der Waals surface area (Å²) in [5, 5.41) is 28.9. The number of rotatable bonds is 17. The van der Waals surface area contributed by atoms with Gasteiger partial charge in [0.2, 0.25) is 29.5 Å². The third-order valence-corrected chi connectivity index (χ3v) is 6.56. The van der Waals surface area contributed by atoms with Crippen molar-refractivity contribution in [2.24, 2.45) is 11.5 Å². The van der Waals surface area contributed by atoms with E-state index in [1.54, 1.807) is 45.0 Å². The van der Waals surface area contributed by atoms with E-state index >= 15 is 0 Å². The second kappa shape index (κ2) is 18.2. The second-order valence-corrected chi connectivity index (χ2v) is 11.9. The summed E-state index contributed by atoms with van der Waals surface area (Å²) in [5.41, 5.74) is 11.4. The predicted molar refractivity (Wildman–Crippen MR) is 172 cm³/mol. The highest BCUT2D eigenvalue weighted by Crippen LogP contribution is 2.16. The van der Waals surface area contributed by atoms with Crippen molar-refractivity contribution in [3.63, 3.8) is 0 Å². The van der Waals surface area contributed by atoms with Crippen LogP contribution >= 0.6 is 0 Å². The number of nitrogens with one attached hydrogen (secondary N) is 4. The van der Waals surface area contributed by atoms with Crippen LogP contribution in [0.4, 0.5) is 4.79 Å². The molecule has 0 aliphatic rings. The first-order valence-corrected chi connectivity index (χ1v) is 15.0. The van der Waals surface area contributed by atoms with Gasteiger partial charge in [-0.1, -0.05) is 42.5 Å². The number of aliphatic hydroxyl groups excluding tert-OH is 2. The zero-order chi connectivity index (χ0) is 36.0. The Morgan fingerprint density at radius 2 is 1.33 bits per heavy atom. The molecule has 0 spiro atoms. The smallest absolute Gasteiger partial charge is 0.408 e. The number of aliphatic hydroxyl groups is 2. The molecule has 16 nitrogen and oxygen atoms in total. The van der Waals surface area contributed by atoms with Crippen molar-refractivity contribution in [2.45, 2.75) is 83.0 Å². The van der Waals surface area contributed by atoms with Crippen LogP contribution in [0.1, 0.15) is 45.2 Å². The number of hydrogen-bond donors (Lipinski definition) is 8. The lowest BCUT2D eigenvalue weighted by molar-refractivity contribution is -0.135. The lowest BCUT2D eigenvalue weighted by atomic mass is 10.0. The van der Waals surface area contributed by atoms with Crippen LogP contribution in [0.2, 0.25) is 0 Å². The molecule has 0 heterocycles. The van der Waals surface area contributed by atoms with E-state index in [4.69, 9.17) is 20.9 Å². The fourth-order valence-electron chi connectivity index (χ4n) is 4.17. The fourth-order valence-corrected chi connectivity index (χ4v) is 4.17. The first kappa shape index (κ1) is 39.0. The van der Waals surface area contributed by atoms with Crippen LogP contribution in [0.3, 0.4) is 0 Å². The van der Waals surface area contributed by atoms with Crippen LogP contribution in [0, 0.1) is 0 Å². The van der Waals surface area contributed by atoms with Crippen LogP contribution in [-0.2, 0) is 41.7 Å². The van der Waals surface area contributed by atoms with Crippen molar-refractivity contribution in [2.75, 3.05) is 6.61 Å². The monoisotopic (exact) mass is 672 g/mol. The first-order chi connectivity index (χ1) is 22.5. The van der Waals surface area contributed by atoms with Crippen molar-refractivity contribution in [1.82, 2.24) is 21.3 Å². The van der Waals surface area contributed by atoms with Gasteiger partial charge < -0.3 is 52.4 Å². The van der Waals surface area contributed by atoms with Gasteiger partial charge in [-0.05, 0) is 51.0 Å². The van der Waals surface area contributed by atoms with Gasteiger partial charge in [0.05, 0.1) is 19.1 Å². The molecule has 0 aliphatic carbocycles. The van der Waals surface area contributed by atoms with E-state index in [1.807, 2.05) is 30.3 Å². The first-order valence-electron chi connectivity index (χ1n) is 15.0. The molecule has 6 amide bonds. The van der Waals surface area contributed by atoms with Gasteiger partial charge in [0.25, 0.3) is 0 Å². The highest BCUT2D eigenvalue weighted by atomic mass is 16.6. The Labute approximate surface area is 277 Å². The zero-order valence-corrected chi connectivity index (χ0v) is 27.2. The molecule has 10 N–H and O–H groups in total. The fraction of sp³-hybridized carbons (Fsp3) is 0.438. The minimum atomic E-state index is -1.69. The molecule has 16 heteroatoms. The molecule has 262 valence electrons. The van der Waals surface area contributed by atoms with Crippen molar-refractivity contribution in [1.29, 1.82) is 0 Å². The maximum Gasteiger partial charge on any atom is 0.408 e. The minimum absolute atomic E-state index is 0.0299. The van der Waals surface area contributed by atoms with Crippen LogP contribution in [0.5, 0.6) is 5.75 Å². The number of primary amides is 2. The quantitative estimate of drug-likeness (QED) is 0.100. The molecule has 0 saturated heterocycles. The maximum absolute atomic E-state index is 13.1. The number of benzene rings is 2. The van der Waals surface area contributed by atoms with E-state index in [0.717, 1.165) is 5.56 Å². The summed E-state index contributed by atoms with van der Waals surface area (Å²) >= 11 is 0. The second-order valence-electron chi connectivity index (χ2n) is 11.9. The summed E-state index contributed by atoms with van der Waals surface area (Å²) in [4.78, 5) is 75.1. The average molecular weight is 673 g/mol. The summed E-state index contributed by atoms with van der Waals surface area (Å²) in [7, 11) is 0. The number of hydrogen-bond acceptors (Lipinski definition) is 10. The van der Waals surface area contributed by atoms with Gasteiger partial charge in [-0.2, -0.15) is 0 Å². The Balaban J connectivity index is 2.06. The van der Waals surface area contributed by atoms with Crippen molar-refractivity contribution in [3.8, 4) is 5.75 Å². The third kappa shape index (κ3) is 13.6. The number of carbonyl (C=O) groups excluding carboxylic acids is 6. The molecular formula is C32H44N6O10. The molecule has 0 bridgehead atoms. The molecule has 2 aromatic rings. The number of amides is 6. The van der Waals surface area contributed by atoms with E-state index in [-0.39, 0.29) is 6.42 Å². The van der Waals surface area contributed by atoms with Gasteiger partial charge in [-0.25, -0.2) is 4.79 Å². The van der Waals surface area contributed by atoms with Crippen molar-refractivity contribution in [3.05, 3.63) is 65.7 Å². The molecule has 48 heavy (non-hydrogen) atoms. The SMILES string of the molecule is C[C@@H](O)[C@@H](NC(=O)OC(C)(C)C)C(=O)N[C@@H](CC(N)=O)C(=O)N[C@@H](CO)C(=O)N[C@@H](Cc1ccc(OCc2ccccc2)cc1)C(N)=O. The Kier molecular flexibility index (Phi) is 14.8. The van der Waals surface area contributed by atoms with Crippen molar-refractivity contribution < 1.29 is 48.5 Å². The highest BCUT2D eigenvalue weighted by Gasteiger charge is 2.34. The van der Waals surface area contributed by atoms with Gasteiger partial charge in [-0.15, -0.1) is 0 Å². The van der Waals surface area contributed by atoms with Gasteiger partial charge in [0.1, 0.15) is 42.1 Å². The third-order valence-electron chi connectivity index (χ3n) is 6.56. The standard InChI is InChI=1S/C32H44N6O10/c1-18(40)26(38-31(46)48-32(2,3)4)30(45)36-23(15-25(33)41)28(43)37-24(16-39)29(44)35-22(27(34)42)14-19-10-12-21(13-11-19)47-17-20-8-6-5-7-9-20/h5-13,18,22-24,26,39-40H,14-17H2,1-4H3,(H2,33,41)(H2,34,42)(H,35,44)(H,36,45)(H,37,43)(H,38,46)/t18-,22+,23+,24+,26-/m1/s1. The average Bonchev–Trinajstić information content (AvgIpc) is 3.00. The van der Waals surface area contributed by atoms with Gasteiger partial charge in [0, 0.05) is 6.42 Å². The molecule has 0 aliphatic heterocycles. The molecular weight excluding hydrogens is 628 g/mol. The van der Waals surface area contributed by atoms with Gasteiger partial charge in [-0.3, -0.25) is 24.0 Å². The van der Waals surface area contributed by atoms with E-state index in [9.17, 15) is 39.0 Å². The van der Waals surface area contributed by atoms with E-state index < -0.39 is 84.5 Å². The molecule has 5 atom stereocenters. The van der Waals surface area contributed by atoms with Gasteiger partial charge >= 0.3 is 6.09 Å². The number of alkyl carbamates (subject to hydrolysis) is 1. The topological polar surface area (TPSA) is 262 Å². The molecule has 0 radical (unpaired) electrons. The summed E-state index contributed by atoms with van der Waals surface area (Å²) in [6.45, 7) is 5.35. The summed E-state index contributed by atoms with van der Waals surface area (Å²) in [6, 6.07) is 10.1. The highest BCUT2D eigenvalue weighted by molar-refractivity contribution is 5.97. The molecule has 2 rings (SSSR count). The Hall–Kier alpha value is -5.22. The summed E-state index contributed by atoms with van der Waals surface area (Å²) in [6.07, 6.45) is -3.27. The number of nitrogens with two attached hydrogens (primary N) is 2. The molecule has 0 aromatic heterocycles. The van der Waals surface area contributed by atoms with Crippen LogP contribution in [-0.4, -0.2) is 88.3 Å². The molecule has 0 saturated carbocycles. The zero-order valence-electron chi connectivity index (χ0n) is 27.2. The Morgan fingerprint density at radius 3 is 1.85 bits per heavy atom. The normalized spacial score (nSPS) is 14.2. The summed E-state index contributed by atoms with van der Waals surface area (Å²) in [5.74, 6) is -4.51. The maximum atomic E-state index is 13.1. The minimum Gasteiger partial charge on any atom is -0.489 e. The Bertz CT molecular complexity index is 1410. The predicted octanol–water partition coefficient (Wildman–Crippen LogP) is -1.11. The molecule has 2 aromatic carbocycles. The molecule has 0 unspecified atom stereocenters. The molecule has 0 fully saturated rings. The van der Waals surface area contributed by atoms with Crippen molar-refractivity contribution >= 4 is 35.6 Å². The summed E-state index contributed by atoms with van der Waals surface area (Å²) < 4.78 is 10.8. The van der Waals surface area contributed by atoms with Crippen LogP contribution in [0.25, 0.3) is 0 Å². The van der Waals surface area contributed by atoms with Gasteiger partial charge in [0.15, 0.2) is 0 Å². The lowest BCUT2D eigenvalue weighted by Crippen LogP contribution is -2.60.